The van der Waals surface area contributed by atoms with Crippen LogP contribution in [0.3, 0.4) is 0 Å². The van der Waals surface area contributed by atoms with Gasteiger partial charge in [-0.2, -0.15) is 0 Å². The maximum atomic E-state index is 12.2. The second kappa shape index (κ2) is 5.20. The summed E-state index contributed by atoms with van der Waals surface area (Å²) < 4.78 is 11.7. The first-order valence-electron chi connectivity index (χ1n) is 10.5. The van der Waals surface area contributed by atoms with Crippen LogP contribution >= 0.6 is 0 Å². The summed E-state index contributed by atoms with van der Waals surface area (Å²) in [4.78, 5) is 12.0. The maximum absolute atomic E-state index is 12.2. The third-order valence-electron chi connectivity index (χ3n) is 9.17. The molecule has 28 heavy (non-hydrogen) atoms. The Morgan fingerprint density at radius 2 is 1.93 bits per heavy atom. The van der Waals surface area contributed by atoms with Crippen LogP contribution in [0.1, 0.15) is 53.9 Å². The summed E-state index contributed by atoms with van der Waals surface area (Å²) in [5.74, 6) is -1.20. The maximum Gasteiger partial charge on any atom is 0.303 e. The molecule has 6 heteroatoms. The van der Waals surface area contributed by atoms with Gasteiger partial charge in [0.25, 0.3) is 0 Å². The van der Waals surface area contributed by atoms with Crippen LogP contribution in [0.4, 0.5) is 0 Å². The molecule has 5 aliphatic rings. The van der Waals surface area contributed by atoms with E-state index in [4.69, 9.17) is 9.47 Å². The molecule has 5 rings (SSSR count). The van der Waals surface area contributed by atoms with E-state index in [9.17, 15) is 20.1 Å². The summed E-state index contributed by atoms with van der Waals surface area (Å²) in [6, 6.07) is 0. The molecule has 4 fully saturated rings. The first-order chi connectivity index (χ1) is 12.9. The van der Waals surface area contributed by atoms with Crippen LogP contribution in [0.5, 0.6) is 0 Å². The molecule has 1 saturated heterocycles. The minimum Gasteiger partial charge on any atom is -0.459 e. The van der Waals surface area contributed by atoms with E-state index in [1.54, 1.807) is 6.92 Å². The summed E-state index contributed by atoms with van der Waals surface area (Å²) in [5, 5.41) is 35.4. The van der Waals surface area contributed by atoms with Crippen LogP contribution in [0, 0.1) is 28.6 Å². The van der Waals surface area contributed by atoms with Crippen LogP contribution in [0.25, 0.3) is 0 Å². The minimum absolute atomic E-state index is 0.0653. The molecule has 1 spiro atoms. The number of esters is 1. The standard InChI is InChI=1S/C22H32O6/c1-10-8-21-9-14(27-11(2)23)22(26)16(15-18(28-15)19(22,3)4)20(5,25)13(21)7-6-12(10)17(21)24/h8,12-18,24-26H,6-7,9H2,1-5H3/t12-,13-,14+,15-,16-,17+,18-,20+,21+,22+/m0/s1. The Kier molecular flexibility index (Phi) is 3.54. The Hall–Kier alpha value is -0.950. The fourth-order valence-corrected chi connectivity index (χ4v) is 7.96. The molecular weight excluding hydrogens is 360 g/mol. The fourth-order valence-electron chi connectivity index (χ4n) is 7.96. The smallest absolute Gasteiger partial charge is 0.303 e. The second-order valence-corrected chi connectivity index (χ2v) is 10.8. The van der Waals surface area contributed by atoms with Crippen molar-refractivity contribution in [1.82, 2.24) is 0 Å². The van der Waals surface area contributed by atoms with Gasteiger partial charge in [-0.05, 0) is 39.0 Å². The number of rotatable bonds is 1. The fraction of sp³-hybridized carbons (Fsp3) is 0.864. The van der Waals surface area contributed by atoms with Gasteiger partial charge in [-0.1, -0.05) is 25.5 Å². The van der Waals surface area contributed by atoms with E-state index in [-0.39, 0.29) is 24.0 Å². The molecule has 2 bridgehead atoms. The topological polar surface area (TPSA) is 99.5 Å². The summed E-state index contributed by atoms with van der Waals surface area (Å²) in [7, 11) is 0. The number of hydrogen-bond acceptors (Lipinski definition) is 6. The summed E-state index contributed by atoms with van der Waals surface area (Å²) in [6.07, 6.45) is 2.12. The lowest BCUT2D eigenvalue weighted by atomic mass is 9.57. The number of fused-ring (bicyclic) bond motifs is 4. The zero-order valence-corrected chi connectivity index (χ0v) is 17.3. The molecule has 0 aromatic carbocycles. The van der Waals surface area contributed by atoms with Crippen molar-refractivity contribution in [2.24, 2.45) is 28.6 Å². The number of carbonyl (C=O) groups is 1. The van der Waals surface area contributed by atoms with E-state index in [2.05, 4.69) is 6.08 Å². The SMILES string of the molecule is CC(=O)O[C@@H]1C[C@]23C=C(C)[C@H](CC[C@H]2[C@@](C)(O)[C@@H]2[C@@H]4O[C@@H]4C(C)(C)[C@@]12O)[C@H]3O. The van der Waals surface area contributed by atoms with Crippen LogP contribution in [-0.4, -0.2) is 56.9 Å². The molecular formula is C22H32O6. The molecule has 1 aliphatic heterocycles. The van der Waals surface area contributed by atoms with E-state index >= 15 is 0 Å². The molecule has 1 heterocycles. The highest BCUT2D eigenvalue weighted by Crippen LogP contribution is 2.71. The van der Waals surface area contributed by atoms with Gasteiger partial charge in [0.15, 0.2) is 0 Å². The average molecular weight is 392 g/mol. The highest BCUT2D eigenvalue weighted by molar-refractivity contribution is 5.66. The number of ether oxygens (including phenoxy) is 2. The molecule has 0 aromatic heterocycles. The number of epoxide rings is 1. The summed E-state index contributed by atoms with van der Waals surface area (Å²) in [5.41, 5.74) is -2.95. The van der Waals surface area contributed by atoms with Crippen molar-refractivity contribution >= 4 is 5.97 Å². The quantitative estimate of drug-likeness (QED) is 0.356. The van der Waals surface area contributed by atoms with Gasteiger partial charge >= 0.3 is 5.97 Å². The third kappa shape index (κ3) is 1.91. The third-order valence-corrected chi connectivity index (χ3v) is 9.17. The first kappa shape index (κ1) is 19.0. The van der Waals surface area contributed by atoms with Crippen molar-refractivity contribution in [3.8, 4) is 0 Å². The number of aliphatic hydroxyl groups excluding tert-OH is 1. The van der Waals surface area contributed by atoms with Gasteiger partial charge in [-0.3, -0.25) is 4.79 Å². The number of carbonyl (C=O) groups excluding carboxylic acids is 1. The molecule has 3 N–H and O–H groups in total. The monoisotopic (exact) mass is 392 g/mol. The molecule has 0 radical (unpaired) electrons. The Balaban J connectivity index is 1.73. The molecule has 10 atom stereocenters. The van der Waals surface area contributed by atoms with Crippen LogP contribution < -0.4 is 0 Å². The van der Waals surface area contributed by atoms with Crippen molar-refractivity contribution < 1.29 is 29.6 Å². The molecule has 6 nitrogen and oxygen atoms in total. The van der Waals surface area contributed by atoms with E-state index < -0.39 is 46.1 Å². The van der Waals surface area contributed by atoms with Crippen LogP contribution in [0.2, 0.25) is 0 Å². The predicted octanol–water partition coefficient (Wildman–Crippen LogP) is 1.56. The normalized spacial score (nSPS) is 58.1. The Morgan fingerprint density at radius 1 is 1.25 bits per heavy atom. The van der Waals surface area contributed by atoms with Crippen molar-refractivity contribution in [3.05, 3.63) is 11.6 Å². The van der Waals surface area contributed by atoms with Gasteiger partial charge in [0.2, 0.25) is 0 Å². The van der Waals surface area contributed by atoms with E-state index in [1.165, 1.54) is 6.92 Å². The van der Waals surface area contributed by atoms with Gasteiger partial charge in [-0.15, -0.1) is 0 Å². The van der Waals surface area contributed by atoms with Crippen molar-refractivity contribution in [1.29, 1.82) is 0 Å². The summed E-state index contributed by atoms with van der Waals surface area (Å²) in [6.45, 7) is 9.05. The van der Waals surface area contributed by atoms with Gasteiger partial charge in [0.1, 0.15) is 11.7 Å². The highest BCUT2D eigenvalue weighted by Gasteiger charge is 2.82. The van der Waals surface area contributed by atoms with Gasteiger partial charge in [0, 0.05) is 29.6 Å². The molecule has 156 valence electrons. The van der Waals surface area contributed by atoms with Crippen molar-refractivity contribution in [2.45, 2.75) is 89.5 Å². The lowest BCUT2D eigenvalue weighted by Crippen LogP contribution is -2.63. The second-order valence-electron chi connectivity index (χ2n) is 10.8. The Morgan fingerprint density at radius 3 is 2.57 bits per heavy atom. The molecule has 0 amide bonds. The van der Waals surface area contributed by atoms with Crippen LogP contribution in [-0.2, 0) is 14.3 Å². The molecule has 0 aromatic rings. The first-order valence-corrected chi connectivity index (χ1v) is 10.5. The lowest BCUT2D eigenvalue weighted by molar-refractivity contribution is -0.230. The predicted molar refractivity (Wildman–Crippen MR) is 100 cm³/mol. The average Bonchev–Trinajstić information content (AvgIpc) is 3.29. The van der Waals surface area contributed by atoms with Crippen LogP contribution in [0.15, 0.2) is 11.6 Å². The number of hydrogen-bond donors (Lipinski definition) is 3. The zero-order valence-electron chi connectivity index (χ0n) is 17.3. The van der Waals surface area contributed by atoms with E-state index in [0.717, 1.165) is 18.4 Å². The van der Waals surface area contributed by atoms with Gasteiger partial charge in [0.05, 0.1) is 23.9 Å². The van der Waals surface area contributed by atoms with Gasteiger partial charge < -0.3 is 24.8 Å². The van der Waals surface area contributed by atoms with Crippen molar-refractivity contribution in [3.63, 3.8) is 0 Å². The number of aliphatic hydroxyl groups is 3. The highest BCUT2D eigenvalue weighted by atomic mass is 16.6. The van der Waals surface area contributed by atoms with Crippen molar-refractivity contribution in [2.75, 3.05) is 0 Å². The summed E-state index contributed by atoms with van der Waals surface area (Å²) >= 11 is 0. The largest absolute Gasteiger partial charge is 0.459 e. The molecule has 4 aliphatic carbocycles. The lowest BCUT2D eigenvalue weighted by Gasteiger charge is -2.51. The zero-order chi connectivity index (χ0) is 20.4. The molecule has 0 unspecified atom stereocenters. The minimum atomic E-state index is -1.43. The Labute approximate surface area is 165 Å². The van der Waals surface area contributed by atoms with E-state index in [0.29, 0.717) is 6.42 Å². The van der Waals surface area contributed by atoms with E-state index in [1.807, 2.05) is 20.8 Å². The Bertz CT molecular complexity index is 771. The molecule has 3 saturated carbocycles. The van der Waals surface area contributed by atoms with Gasteiger partial charge in [-0.25, -0.2) is 0 Å².